The molecule has 10 rings (SSSR count). The number of hydrogen-bond acceptors (Lipinski definition) is 1. The van der Waals surface area contributed by atoms with Gasteiger partial charge in [0.15, 0.2) is 0 Å². The van der Waals surface area contributed by atoms with Crippen LogP contribution in [0.3, 0.4) is 0 Å². The highest BCUT2D eigenvalue weighted by Gasteiger charge is 2.19. The third-order valence-corrected chi connectivity index (χ3v) is 9.34. The SMILES string of the molecule is c1ccc2cc(-c3cc(-c4ccc5ccc6cccc7ccc4c5c67)c4c(c3)oc3cc5ccccc5cc34)ccc2c1. The molecule has 0 aliphatic heterocycles. The number of rotatable bonds is 2. The topological polar surface area (TPSA) is 13.1 Å². The van der Waals surface area contributed by atoms with Crippen LogP contribution in [0.5, 0.6) is 0 Å². The van der Waals surface area contributed by atoms with Gasteiger partial charge in [0.05, 0.1) is 0 Å². The number of furan rings is 1. The van der Waals surface area contributed by atoms with Crippen LogP contribution in [0.2, 0.25) is 0 Å². The van der Waals surface area contributed by atoms with Crippen LogP contribution in [0.1, 0.15) is 0 Å². The van der Waals surface area contributed by atoms with Gasteiger partial charge in [-0.2, -0.15) is 0 Å². The molecule has 0 fully saturated rings. The summed E-state index contributed by atoms with van der Waals surface area (Å²) >= 11 is 0. The third kappa shape index (κ3) is 3.28. The Hall–Kier alpha value is -5.66. The predicted octanol–water partition coefficient (Wildman–Crippen LogP) is 12.1. The van der Waals surface area contributed by atoms with Crippen molar-refractivity contribution in [3.63, 3.8) is 0 Å². The molecule has 10 aromatic rings. The van der Waals surface area contributed by atoms with Gasteiger partial charge in [0, 0.05) is 10.8 Å². The van der Waals surface area contributed by atoms with E-state index in [0.717, 1.165) is 22.1 Å². The molecular formula is C42H24O. The van der Waals surface area contributed by atoms with E-state index < -0.39 is 0 Å². The molecule has 0 unspecified atom stereocenters. The van der Waals surface area contributed by atoms with E-state index in [2.05, 4.69) is 146 Å². The first-order valence-corrected chi connectivity index (χ1v) is 14.8. The van der Waals surface area contributed by atoms with E-state index in [1.807, 2.05) is 0 Å². The summed E-state index contributed by atoms with van der Waals surface area (Å²) in [6.45, 7) is 0. The van der Waals surface area contributed by atoms with Crippen molar-refractivity contribution in [3.05, 3.63) is 146 Å². The molecule has 1 aromatic heterocycles. The van der Waals surface area contributed by atoms with Gasteiger partial charge < -0.3 is 4.42 Å². The van der Waals surface area contributed by atoms with Crippen LogP contribution in [0.25, 0.3) is 98.1 Å². The zero-order valence-electron chi connectivity index (χ0n) is 23.3. The summed E-state index contributed by atoms with van der Waals surface area (Å²) in [5.41, 5.74) is 6.61. The first-order valence-electron chi connectivity index (χ1n) is 14.8. The van der Waals surface area contributed by atoms with E-state index in [1.54, 1.807) is 0 Å². The quantitative estimate of drug-likeness (QED) is 0.197. The Morgan fingerprint density at radius 1 is 0.302 bits per heavy atom. The monoisotopic (exact) mass is 544 g/mol. The molecule has 0 saturated carbocycles. The van der Waals surface area contributed by atoms with Crippen LogP contribution >= 0.6 is 0 Å². The molecule has 0 bridgehead atoms. The minimum Gasteiger partial charge on any atom is -0.456 e. The van der Waals surface area contributed by atoms with E-state index in [-0.39, 0.29) is 0 Å². The lowest BCUT2D eigenvalue weighted by Gasteiger charge is -2.16. The normalized spacial score (nSPS) is 12.2. The minimum absolute atomic E-state index is 0.914. The van der Waals surface area contributed by atoms with E-state index in [1.165, 1.54) is 75.9 Å². The van der Waals surface area contributed by atoms with Gasteiger partial charge in [-0.1, -0.05) is 115 Å². The number of benzene rings is 9. The Balaban J connectivity index is 1.35. The molecule has 0 amide bonds. The molecule has 0 radical (unpaired) electrons. The predicted molar refractivity (Wildman–Crippen MR) is 183 cm³/mol. The van der Waals surface area contributed by atoms with E-state index in [9.17, 15) is 0 Å². The fourth-order valence-corrected chi connectivity index (χ4v) is 7.31. The van der Waals surface area contributed by atoms with Gasteiger partial charge in [0.25, 0.3) is 0 Å². The molecule has 1 heterocycles. The maximum absolute atomic E-state index is 6.70. The summed E-state index contributed by atoms with van der Waals surface area (Å²) in [6, 6.07) is 53.2. The fourth-order valence-electron chi connectivity index (χ4n) is 7.31. The Kier molecular flexibility index (Phi) is 4.51. The highest BCUT2D eigenvalue weighted by Crippen LogP contribution is 2.45. The average molecular weight is 545 g/mol. The van der Waals surface area contributed by atoms with Crippen LogP contribution < -0.4 is 0 Å². The molecule has 198 valence electrons. The van der Waals surface area contributed by atoms with E-state index >= 15 is 0 Å². The van der Waals surface area contributed by atoms with Gasteiger partial charge in [-0.15, -0.1) is 0 Å². The highest BCUT2D eigenvalue weighted by atomic mass is 16.3. The Labute approximate surface area is 247 Å². The molecule has 0 saturated heterocycles. The molecule has 0 spiro atoms. The maximum Gasteiger partial charge on any atom is 0.136 e. The molecule has 0 aliphatic carbocycles. The lowest BCUT2D eigenvalue weighted by Crippen LogP contribution is -1.89. The molecule has 1 nitrogen and oxygen atoms in total. The number of fused-ring (bicyclic) bond motifs is 5. The molecule has 43 heavy (non-hydrogen) atoms. The minimum atomic E-state index is 0.914. The van der Waals surface area contributed by atoms with Crippen molar-refractivity contribution in [2.24, 2.45) is 0 Å². The van der Waals surface area contributed by atoms with Crippen LogP contribution in [-0.2, 0) is 0 Å². The maximum atomic E-state index is 6.70. The summed E-state index contributed by atoms with van der Waals surface area (Å²) in [4.78, 5) is 0. The third-order valence-electron chi connectivity index (χ3n) is 9.34. The van der Waals surface area contributed by atoms with E-state index in [4.69, 9.17) is 4.42 Å². The van der Waals surface area contributed by atoms with Crippen LogP contribution in [0, 0.1) is 0 Å². The standard InChI is InChI=1S/C42H24O/c1-2-7-29-20-32(15-12-25(29)6-1)33-22-36(42-37-21-30-8-3-4-9-31(30)23-38(37)43-39(42)24-33)34-18-16-28-14-13-26-10-5-11-27-17-19-35(34)41(28)40(26)27/h1-24H. The van der Waals surface area contributed by atoms with Gasteiger partial charge in [-0.3, -0.25) is 0 Å². The second-order valence-corrected chi connectivity index (χ2v) is 11.7. The van der Waals surface area contributed by atoms with Crippen molar-refractivity contribution >= 4 is 75.8 Å². The number of hydrogen-bond donors (Lipinski definition) is 0. The molecule has 0 N–H and O–H groups in total. The van der Waals surface area contributed by atoms with Crippen LogP contribution in [0.15, 0.2) is 150 Å². The van der Waals surface area contributed by atoms with Crippen molar-refractivity contribution in [2.45, 2.75) is 0 Å². The van der Waals surface area contributed by atoms with Gasteiger partial charge in [-0.25, -0.2) is 0 Å². The van der Waals surface area contributed by atoms with Crippen molar-refractivity contribution in [1.29, 1.82) is 0 Å². The Morgan fingerprint density at radius 3 is 1.74 bits per heavy atom. The second kappa shape index (κ2) is 8.44. The lowest BCUT2D eigenvalue weighted by atomic mass is 9.87. The first-order chi connectivity index (χ1) is 21.3. The van der Waals surface area contributed by atoms with Crippen molar-refractivity contribution in [3.8, 4) is 22.3 Å². The lowest BCUT2D eigenvalue weighted by molar-refractivity contribution is 0.669. The molecular weight excluding hydrogens is 520 g/mol. The molecule has 9 aromatic carbocycles. The summed E-state index contributed by atoms with van der Waals surface area (Å²) in [7, 11) is 0. The smallest absolute Gasteiger partial charge is 0.136 e. The summed E-state index contributed by atoms with van der Waals surface area (Å²) in [5, 5.41) is 15.0. The molecule has 0 atom stereocenters. The fraction of sp³-hybridized carbons (Fsp3) is 0. The Bertz CT molecular complexity index is 2710. The summed E-state index contributed by atoms with van der Waals surface area (Å²) in [5.74, 6) is 0. The van der Waals surface area contributed by atoms with Crippen LogP contribution in [-0.4, -0.2) is 0 Å². The second-order valence-electron chi connectivity index (χ2n) is 11.7. The van der Waals surface area contributed by atoms with Crippen molar-refractivity contribution in [1.82, 2.24) is 0 Å². The highest BCUT2D eigenvalue weighted by molar-refractivity contribution is 6.27. The van der Waals surface area contributed by atoms with Crippen molar-refractivity contribution < 1.29 is 4.42 Å². The van der Waals surface area contributed by atoms with Crippen molar-refractivity contribution in [2.75, 3.05) is 0 Å². The first kappa shape index (κ1) is 23.0. The van der Waals surface area contributed by atoms with Gasteiger partial charge in [-0.05, 0) is 106 Å². The van der Waals surface area contributed by atoms with Gasteiger partial charge in [0.2, 0.25) is 0 Å². The average Bonchev–Trinajstić information content (AvgIpc) is 3.42. The van der Waals surface area contributed by atoms with Gasteiger partial charge >= 0.3 is 0 Å². The largest absolute Gasteiger partial charge is 0.456 e. The summed E-state index contributed by atoms with van der Waals surface area (Å²) < 4.78 is 6.70. The van der Waals surface area contributed by atoms with Crippen LogP contribution in [0.4, 0.5) is 0 Å². The van der Waals surface area contributed by atoms with E-state index in [0.29, 0.717) is 0 Å². The Morgan fingerprint density at radius 2 is 0.930 bits per heavy atom. The molecule has 1 heteroatoms. The summed E-state index contributed by atoms with van der Waals surface area (Å²) in [6.07, 6.45) is 0. The molecule has 0 aliphatic rings. The van der Waals surface area contributed by atoms with Gasteiger partial charge in [0.1, 0.15) is 11.2 Å². The zero-order valence-corrected chi connectivity index (χ0v) is 23.3. The zero-order chi connectivity index (χ0) is 28.1.